The zero-order valence-electron chi connectivity index (χ0n) is 14.1. The van der Waals surface area contributed by atoms with Gasteiger partial charge in [-0.25, -0.2) is 0 Å². The van der Waals surface area contributed by atoms with E-state index in [0.29, 0.717) is 49.9 Å². The summed E-state index contributed by atoms with van der Waals surface area (Å²) in [5.41, 5.74) is 5.72. The molecule has 0 unspecified atom stereocenters. The van der Waals surface area contributed by atoms with Crippen LogP contribution in [0.15, 0.2) is 0 Å². The largest absolute Gasteiger partial charge is 0.378 e. The van der Waals surface area contributed by atoms with Gasteiger partial charge >= 0.3 is 5.69 Å². The van der Waals surface area contributed by atoms with Gasteiger partial charge in [-0.05, 0) is 18.3 Å². The first-order valence-corrected chi connectivity index (χ1v) is 8.35. The number of nitrogen functional groups attached to an aromatic ring is 1. The Bertz CT molecular complexity index is 609. The molecule has 2 aliphatic heterocycles. The Kier molecular flexibility index (Phi) is 4.70. The number of ether oxygens (including phenoxy) is 1. The number of nitrogens with zero attached hydrogens (tertiary/aromatic N) is 5. The molecular formula is C15H24N6O3. The Balaban J connectivity index is 1.99. The molecule has 9 heteroatoms. The number of morpholine rings is 1. The van der Waals surface area contributed by atoms with Gasteiger partial charge < -0.3 is 20.3 Å². The van der Waals surface area contributed by atoms with E-state index in [9.17, 15) is 10.1 Å². The molecule has 2 aliphatic rings. The van der Waals surface area contributed by atoms with Crippen LogP contribution in [0.4, 0.5) is 23.3 Å². The third kappa shape index (κ3) is 3.35. The van der Waals surface area contributed by atoms with Gasteiger partial charge in [-0.3, -0.25) is 10.1 Å². The van der Waals surface area contributed by atoms with Gasteiger partial charge in [0.05, 0.1) is 18.1 Å². The zero-order valence-corrected chi connectivity index (χ0v) is 14.1. The molecular weight excluding hydrogens is 312 g/mol. The molecule has 0 spiro atoms. The monoisotopic (exact) mass is 336 g/mol. The van der Waals surface area contributed by atoms with Gasteiger partial charge in [-0.1, -0.05) is 13.8 Å². The SMILES string of the molecule is C[C@@H]1C[C@H](C)CN(c2nc(N)c([N+](=O)[O-])c(N3CCOCC3)n2)C1. The van der Waals surface area contributed by atoms with Crippen molar-refractivity contribution in [1.29, 1.82) is 0 Å². The molecule has 24 heavy (non-hydrogen) atoms. The highest BCUT2D eigenvalue weighted by molar-refractivity contribution is 5.71. The minimum Gasteiger partial charge on any atom is -0.378 e. The van der Waals surface area contributed by atoms with Crippen LogP contribution in [0.25, 0.3) is 0 Å². The summed E-state index contributed by atoms with van der Waals surface area (Å²) in [4.78, 5) is 23.7. The summed E-state index contributed by atoms with van der Waals surface area (Å²) in [5.74, 6) is 1.77. The Morgan fingerprint density at radius 3 is 2.38 bits per heavy atom. The number of hydrogen-bond donors (Lipinski definition) is 1. The molecule has 2 N–H and O–H groups in total. The average Bonchev–Trinajstić information content (AvgIpc) is 2.53. The fourth-order valence-corrected chi connectivity index (χ4v) is 3.59. The molecule has 3 heterocycles. The number of piperidine rings is 1. The van der Waals surface area contributed by atoms with E-state index >= 15 is 0 Å². The highest BCUT2D eigenvalue weighted by atomic mass is 16.6. The number of nitrogens with two attached hydrogens (primary N) is 1. The maximum atomic E-state index is 11.5. The smallest absolute Gasteiger partial charge is 0.353 e. The molecule has 0 aromatic carbocycles. The van der Waals surface area contributed by atoms with Crippen LogP contribution in [-0.2, 0) is 4.74 Å². The second kappa shape index (κ2) is 6.76. The van der Waals surface area contributed by atoms with E-state index in [0.717, 1.165) is 19.5 Å². The molecule has 132 valence electrons. The van der Waals surface area contributed by atoms with Crippen molar-refractivity contribution < 1.29 is 9.66 Å². The van der Waals surface area contributed by atoms with Crippen LogP contribution >= 0.6 is 0 Å². The lowest BCUT2D eigenvalue weighted by Gasteiger charge is -2.35. The van der Waals surface area contributed by atoms with E-state index < -0.39 is 4.92 Å². The molecule has 0 amide bonds. The number of aromatic nitrogens is 2. The van der Waals surface area contributed by atoms with Crippen LogP contribution in [-0.4, -0.2) is 54.3 Å². The minimum atomic E-state index is -0.495. The van der Waals surface area contributed by atoms with Gasteiger partial charge in [0, 0.05) is 26.2 Å². The van der Waals surface area contributed by atoms with Gasteiger partial charge in [0.15, 0.2) is 0 Å². The lowest BCUT2D eigenvalue weighted by atomic mass is 9.92. The molecule has 0 saturated carbocycles. The summed E-state index contributed by atoms with van der Waals surface area (Å²) < 4.78 is 5.33. The van der Waals surface area contributed by atoms with Crippen molar-refractivity contribution in [3.05, 3.63) is 10.1 Å². The predicted molar refractivity (Wildman–Crippen MR) is 91.3 cm³/mol. The molecule has 0 radical (unpaired) electrons. The highest BCUT2D eigenvalue weighted by Crippen LogP contribution is 2.34. The first-order valence-electron chi connectivity index (χ1n) is 8.35. The normalized spacial score (nSPS) is 24.9. The third-order valence-corrected chi connectivity index (χ3v) is 4.53. The lowest BCUT2D eigenvalue weighted by molar-refractivity contribution is -0.383. The van der Waals surface area contributed by atoms with Crippen LogP contribution in [0.1, 0.15) is 20.3 Å². The Morgan fingerprint density at radius 1 is 1.17 bits per heavy atom. The Labute approximate surface area is 140 Å². The van der Waals surface area contributed by atoms with Crippen LogP contribution in [0.3, 0.4) is 0 Å². The van der Waals surface area contributed by atoms with E-state index in [1.807, 2.05) is 4.90 Å². The molecule has 3 rings (SSSR count). The first kappa shape index (κ1) is 16.7. The topological polar surface area (TPSA) is 111 Å². The maximum Gasteiger partial charge on any atom is 0.353 e. The maximum absolute atomic E-state index is 11.5. The van der Waals surface area contributed by atoms with Gasteiger partial charge in [0.2, 0.25) is 17.6 Å². The van der Waals surface area contributed by atoms with Gasteiger partial charge in [0.1, 0.15) is 0 Å². The Hall–Kier alpha value is -2.16. The molecule has 1 aromatic heterocycles. The molecule has 2 saturated heterocycles. The van der Waals surface area contributed by atoms with Gasteiger partial charge in [-0.2, -0.15) is 9.97 Å². The Morgan fingerprint density at radius 2 is 1.79 bits per heavy atom. The summed E-state index contributed by atoms with van der Waals surface area (Å²) in [7, 11) is 0. The van der Waals surface area contributed by atoms with Crippen molar-refractivity contribution in [3.8, 4) is 0 Å². The minimum absolute atomic E-state index is 0.0719. The van der Waals surface area contributed by atoms with Crippen molar-refractivity contribution in [2.24, 2.45) is 11.8 Å². The van der Waals surface area contributed by atoms with Crippen molar-refractivity contribution in [1.82, 2.24) is 9.97 Å². The summed E-state index contributed by atoms with van der Waals surface area (Å²) in [5, 5.41) is 11.5. The number of hydrogen-bond acceptors (Lipinski definition) is 8. The van der Waals surface area contributed by atoms with Crippen molar-refractivity contribution in [2.75, 3.05) is 54.9 Å². The quantitative estimate of drug-likeness (QED) is 0.649. The molecule has 0 bridgehead atoms. The summed E-state index contributed by atoms with van der Waals surface area (Å²) >= 11 is 0. The predicted octanol–water partition coefficient (Wildman–Crippen LogP) is 1.29. The van der Waals surface area contributed by atoms with E-state index in [2.05, 4.69) is 28.7 Å². The average molecular weight is 336 g/mol. The number of rotatable bonds is 3. The van der Waals surface area contributed by atoms with Crippen LogP contribution in [0, 0.1) is 22.0 Å². The molecule has 1 aromatic rings. The van der Waals surface area contributed by atoms with Crippen LogP contribution in [0.5, 0.6) is 0 Å². The fourth-order valence-electron chi connectivity index (χ4n) is 3.59. The van der Waals surface area contributed by atoms with E-state index in [1.165, 1.54) is 0 Å². The second-order valence-electron chi connectivity index (χ2n) is 6.79. The van der Waals surface area contributed by atoms with Crippen molar-refractivity contribution in [2.45, 2.75) is 20.3 Å². The van der Waals surface area contributed by atoms with Gasteiger partial charge in [-0.15, -0.1) is 0 Å². The summed E-state index contributed by atoms with van der Waals surface area (Å²) in [6.45, 7) is 8.23. The van der Waals surface area contributed by atoms with E-state index in [4.69, 9.17) is 10.5 Å². The zero-order chi connectivity index (χ0) is 17.3. The highest BCUT2D eigenvalue weighted by Gasteiger charge is 2.31. The molecule has 0 aliphatic carbocycles. The van der Waals surface area contributed by atoms with Gasteiger partial charge in [0.25, 0.3) is 0 Å². The van der Waals surface area contributed by atoms with Crippen molar-refractivity contribution in [3.63, 3.8) is 0 Å². The first-order chi connectivity index (χ1) is 11.5. The number of nitro groups is 1. The molecule has 2 atom stereocenters. The van der Waals surface area contributed by atoms with Crippen molar-refractivity contribution >= 4 is 23.3 Å². The lowest BCUT2D eigenvalue weighted by Crippen LogP contribution is -2.41. The number of anilines is 3. The standard InChI is InChI=1S/C15H24N6O3/c1-10-7-11(2)9-20(8-10)15-17-13(16)12(21(22)23)14(18-15)19-3-5-24-6-4-19/h10-11H,3-9H2,1-2H3,(H2,16,17,18)/t10-,11+. The third-order valence-electron chi connectivity index (χ3n) is 4.53. The van der Waals surface area contributed by atoms with Crippen LogP contribution < -0.4 is 15.5 Å². The van der Waals surface area contributed by atoms with Crippen LogP contribution in [0.2, 0.25) is 0 Å². The van der Waals surface area contributed by atoms with E-state index in [-0.39, 0.29) is 11.5 Å². The molecule has 9 nitrogen and oxygen atoms in total. The fraction of sp³-hybridized carbons (Fsp3) is 0.733. The molecule has 2 fully saturated rings. The summed E-state index contributed by atoms with van der Waals surface area (Å²) in [6.07, 6.45) is 1.16. The second-order valence-corrected chi connectivity index (χ2v) is 6.79. The summed E-state index contributed by atoms with van der Waals surface area (Å²) in [6, 6.07) is 0. The van der Waals surface area contributed by atoms with E-state index in [1.54, 1.807) is 0 Å².